The Kier molecular flexibility index (Phi) is 8.64. The second kappa shape index (κ2) is 11.2. The van der Waals surface area contributed by atoms with Crippen molar-refractivity contribution < 1.29 is 24.3 Å². The number of H-pyrrole nitrogens is 1. The molecule has 2 aromatic rings. The average Bonchev–Trinajstić information content (AvgIpc) is 3.17. The van der Waals surface area contributed by atoms with Gasteiger partial charge in [-0.25, -0.2) is 4.79 Å². The number of rotatable bonds is 9. The third kappa shape index (κ3) is 5.96. The number of carbonyl (C=O) groups is 4. The Morgan fingerprint density at radius 1 is 1.14 bits per heavy atom. The quantitative estimate of drug-likeness (QED) is 0.280. The fraction of sp³-hybridized carbons (Fsp3) is 0.520. The van der Waals surface area contributed by atoms with E-state index in [0.717, 1.165) is 16.6 Å². The van der Waals surface area contributed by atoms with Gasteiger partial charge in [-0.2, -0.15) is 0 Å². The van der Waals surface area contributed by atoms with Gasteiger partial charge in [-0.05, 0) is 42.4 Å². The van der Waals surface area contributed by atoms with Crippen molar-refractivity contribution >= 4 is 57.9 Å². The molecule has 1 aromatic carbocycles. The van der Waals surface area contributed by atoms with Crippen molar-refractivity contribution in [3.63, 3.8) is 0 Å². The highest BCUT2D eigenvalue weighted by Gasteiger charge is 2.46. The first-order chi connectivity index (χ1) is 17.3. The molecule has 0 fully saturated rings. The molecule has 202 valence electrons. The van der Waals surface area contributed by atoms with Gasteiger partial charge in [0.1, 0.15) is 17.6 Å². The summed E-state index contributed by atoms with van der Waals surface area (Å²) in [5, 5.41) is 18.7. The first-order valence-corrected chi connectivity index (χ1v) is 13.0. The molecule has 1 aliphatic rings. The summed E-state index contributed by atoms with van der Waals surface area (Å²) in [4.78, 5) is 54.1. The van der Waals surface area contributed by atoms with Gasteiger partial charge in [-0.3, -0.25) is 14.4 Å². The Morgan fingerprint density at radius 3 is 2.38 bits per heavy atom. The lowest BCUT2D eigenvalue weighted by Gasteiger charge is -2.39. The molecule has 7 N–H and O–H groups in total. The Balaban J connectivity index is 2.08. The normalized spacial score (nSPS) is 19.5. The van der Waals surface area contributed by atoms with Crippen LogP contribution in [0.3, 0.4) is 0 Å². The van der Waals surface area contributed by atoms with Crippen LogP contribution in [0, 0.1) is 11.8 Å². The average molecular weight is 554 g/mol. The van der Waals surface area contributed by atoms with Crippen LogP contribution in [-0.4, -0.2) is 51.5 Å². The predicted octanol–water partition coefficient (Wildman–Crippen LogP) is 3.13. The number of halogens is 2. The van der Waals surface area contributed by atoms with Crippen LogP contribution in [0.5, 0.6) is 0 Å². The molecule has 0 unspecified atom stereocenters. The van der Waals surface area contributed by atoms with Crippen LogP contribution in [0.1, 0.15) is 51.8 Å². The third-order valence-corrected chi connectivity index (χ3v) is 7.65. The zero-order chi connectivity index (χ0) is 27.7. The lowest BCUT2D eigenvalue weighted by Crippen LogP contribution is -2.67. The number of carboxylic acid groups (broad SMARTS) is 1. The van der Waals surface area contributed by atoms with Gasteiger partial charge in [0.25, 0.3) is 0 Å². The monoisotopic (exact) mass is 553 g/mol. The van der Waals surface area contributed by atoms with Gasteiger partial charge in [0.05, 0.1) is 10.5 Å². The number of aryl methyl sites for hydroxylation is 1. The maximum absolute atomic E-state index is 13.8. The predicted molar refractivity (Wildman–Crippen MR) is 142 cm³/mol. The summed E-state index contributed by atoms with van der Waals surface area (Å²) in [6.45, 7) is 7.08. The summed E-state index contributed by atoms with van der Waals surface area (Å²) in [5.74, 6) is -2.54. The molecular weight excluding hydrogens is 521 g/mol. The highest BCUT2D eigenvalue weighted by molar-refractivity contribution is 6.38. The highest BCUT2D eigenvalue weighted by Crippen LogP contribution is 2.38. The first-order valence-electron chi connectivity index (χ1n) is 12.2. The van der Waals surface area contributed by atoms with Crippen molar-refractivity contribution in [2.75, 3.05) is 0 Å². The summed E-state index contributed by atoms with van der Waals surface area (Å²) in [6, 6.07) is 1.31. The van der Waals surface area contributed by atoms with E-state index in [9.17, 15) is 24.3 Å². The van der Waals surface area contributed by atoms with E-state index in [4.69, 9.17) is 28.9 Å². The number of amides is 4. The number of fused-ring (bicyclic) bond motifs is 3. The Morgan fingerprint density at radius 2 is 1.81 bits per heavy atom. The second-order valence-electron chi connectivity index (χ2n) is 10.1. The van der Waals surface area contributed by atoms with E-state index in [1.807, 2.05) is 6.92 Å². The standard InChI is InChI=1S/C25H33Cl2N5O5/c1-5-12(4)19(31-24(36)37)22(34)32-25(23(35)30-18(11(2)3)21(28)33)7-6-17-15(10-25)14-8-13(26)9-16(27)20(14)29-17/h8-9,11-12,18-19,29,31H,5-7,10H2,1-4H3,(H2,28,33)(H,30,35)(H,32,34)(H,36,37)/t12-,18-,19-,25+/m0/s1. The number of aromatic nitrogens is 1. The zero-order valence-corrected chi connectivity index (χ0v) is 22.7. The van der Waals surface area contributed by atoms with Gasteiger partial charge in [-0.1, -0.05) is 57.3 Å². The van der Waals surface area contributed by atoms with Gasteiger partial charge in [0.2, 0.25) is 17.7 Å². The fourth-order valence-electron chi connectivity index (χ4n) is 4.82. The van der Waals surface area contributed by atoms with Gasteiger partial charge < -0.3 is 31.8 Å². The summed E-state index contributed by atoms with van der Waals surface area (Å²) < 4.78 is 0. The lowest BCUT2D eigenvalue weighted by molar-refractivity contribution is -0.137. The molecule has 1 aromatic heterocycles. The summed E-state index contributed by atoms with van der Waals surface area (Å²) in [5.41, 5.74) is 6.33. The van der Waals surface area contributed by atoms with Crippen molar-refractivity contribution in [1.82, 2.24) is 20.9 Å². The van der Waals surface area contributed by atoms with Crippen LogP contribution in [0.2, 0.25) is 10.0 Å². The van der Waals surface area contributed by atoms with Gasteiger partial charge in [-0.15, -0.1) is 0 Å². The number of benzene rings is 1. The smallest absolute Gasteiger partial charge is 0.405 e. The molecule has 10 nitrogen and oxygen atoms in total. The largest absolute Gasteiger partial charge is 0.465 e. The lowest BCUT2D eigenvalue weighted by atomic mass is 9.78. The van der Waals surface area contributed by atoms with Gasteiger partial charge in [0, 0.05) is 22.5 Å². The molecule has 1 aliphatic carbocycles. The molecule has 1 heterocycles. The van der Waals surface area contributed by atoms with Crippen LogP contribution in [0.15, 0.2) is 12.1 Å². The Hall–Kier alpha value is -2.98. The van der Waals surface area contributed by atoms with Crippen molar-refractivity contribution in [3.8, 4) is 0 Å². The molecule has 0 saturated carbocycles. The maximum atomic E-state index is 13.8. The number of primary amides is 1. The van der Waals surface area contributed by atoms with Crippen LogP contribution in [0.4, 0.5) is 4.79 Å². The highest BCUT2D eigenvalue weighted by atomic mass is 35.5. The SMILES string of the molecule is CC[C@H](C)[C@H](NC(=O)O)C(=O)N[C@]1(C(=O)N[C@H](C(N)=O)C(C)C)CCc2[nH]c3c(Cl)cc(Cl)cc3c2C1. The molecule has 4 amide bonds. The number of nitrogens with two attached hydrogens (primary N) is 1. The van der Waals surface area contributed by atoms with Crippen molar-refractivity contribution in [1.29, 1.82) is 0 Å². The zero-order valence-electron chi connectivity index (χ0n) is 21.2. The summed E-state index contributed by atoms with van der Waals surface area (Å²) in [6.07, 6.45) is -0.174. The van der Waals surface area contributed by atoms with E-state index >= 15 is 0 Å². The van der Waals surface area contributed by atoms with Crippen LogP contribution in [-0.2, 0) is 27.2 Å². The van der Waals surface area contributed by atoms with E-state index in [1.54, 1.807) is 32.9 Å². The molecule has 0 saturated heterocycles. The molecule has 4 atom stereocenters. The van der Waals surface area contributed by atoms with Crippen LogP contribution >= 0.6 is 23.2 Å². The maximum Gasteiger partial charge on any atom is 0.405 e. The molecule has 0 spiro atoms. The Bertz CT molecular complexity index is 1230. The minimum atomic E-state index is -1.48. The van der Waals surface area contributed by atoms with Crippen LogP contribution in [0.25, 0.3) is 10.9 Å². The number of nitrogens with one attached hydrogen (secondary N) is 4. The van der Waals surface area contributed by atoms with Crippen molar-refractivity contribution in [2.45, 2.75) is 71.0 Å². The fourth-order valence-corrected chi connectivity index (χ4v) is 5.36. The molecule has 0 bridgehead atoms. The molecule has 37 heavy (non-hydrogen) atoms. The number of carbonyl (C=O) groups excluding carboxylic acids is 3. The molecule has 12 heteroatoms. The summed E-state index contributed by atoms with van der Waals surface area (Å²) in [7, 11) is 0. The van der Waals surface area contributed by atoms with E-state index in [1.165, 1.54) is 0 Å². The van der Waals surface area contributed by atoms with Crippen molar-refractivity contribution in [2.24, 2.45) is 17.6 Å². The van der Waals surface area contributed by atoms with E-state index in [-0.39, 0.29) is 24.7 Å². The first kappa shape index (κ1) is 28.6. The van der Waals surface area contributed by atoms with E-state index < -0.39 is 41.4 Å². The van der Waals surface area contributed by atoms with E-state index in [0.29, 0.717) is 28.4 Å². The topological polar surface area (TPSA) is 166 Å². The van der Waals surface area contributed by atoms with Gasteiger partial charge in [0.15, 0.2) is 0 Å². The molecular formula is C25H33Cl2N5O5. The van der Waals surface area contributed by atoms with Crippen LogP contribution < -0.4 is 21.7 Å². The molecule has 3 rings (SSSR count). The number of hydrogen-bond acceptors (Lipinski definition) is 4. The van der Waals surface area contributed by atoms with E-state index in [2.05, 4.69) is 20.9 Å². The summed E-state index contributed by atoms with van der Waals surface area (Å²) >= 11 is 12.7. The Labute approximate surface area is 225 Å². The van der Waals surface area contributed by atoms with Gasteiger partial charge >= 0.3 is 6.09 Å². The molecule has 0 radical (unpaired) electrons. The molecule has 0 aliphatic heterocycles. The number of hydrogen-bond donors (Lipinski definition) is 6. The minimum Gasteiger partial charge on any atom is -0.465 e. The minimum absolute atomic E-state index is 0.0699. The third-order valence-electron chi connectivity index (χ3n) is 7.13. The second-order valence-corrected chi connectivity index (χ2v) is 10.9. The number of aromatic amines is 1. The van der Waals surface area contributed by atoms with Crippen molar-refractivity contribution in [3.05, 3.63) is 33.4 Å².